The predicted molar refractivity (Wildman–Crippen MR) is 66.7 cm³/mol. The number of hydrogen-bond donors (Lipinski definition) is 1. The minimum Gasteiger partial charge on any atom is -0.319 e. The van der Waals surface area contributed by atoms with E-state index in [-0.39, 0.29) is 0 Å². The van der Waals surface area contributed by atoms with Gasteiger partial charge in [0.2, 0.25) is 0 Å². The monoisotopic (exact) mass is 286 g/mol. The second-order valence-corrected chi connectivity index (χ2v) is 4.44. The lowest BCUT2D eigenvalue weighted by atomic mass is 10.0. The highest BCUT2D eigenvalue weighted by molar-refractivity contribution is 6.30. The van der Waals surface area contributed by atoms with E-state index in [1.54, 1.807) is 24.3 Å². The van der Waals surface area contributed by atoms with Crippen molar-refractivity contribution in [2.75, 3.05) is 0 Å². The highest BCUT2D eigenvalue weighted by Gasteiger charge is 2.30. The maximum absolute atomic E-state index is 12.4. The van der Waals surface area contributed by atoms with Gasteiger partial charge in [0, 0.05) is 11.2 Å². The molecule has 0 radical (unpaired) electrons. The fourth-order valence-electron chi connectivity index (χ4n) is 1.60. The van der Waals surface area contributed by atoms with Crippen molar-refractivity contribution in [2.45, 2.75) is 12.2 Å². The summed E-state index contributed by atoms with van der Waals surface area (Å²) in [7, 11) is 0. The van der Waals surface area contributed by atoms with Crippen molar-refractivity contribution < 1.29 is 13.2 Å². The van der Waals surface area contributed by atoms with E-state index in [1.807, 2.05) is 0 Å². The summed E-state index contributed by atoms with van der Waals surface area (Å²) in [5.74, 6) is 0. The normalized spacial score (nSPS) is 13.3. The predicted octanol–water partition coefficient (Wildman–Crippen LogP) is 3.80. The molecule has 0 bridgehead atoms. The van der Waals surface area contributed by atoms with Crippen molar-refractivity contribution in [3.8, 4) is 0 Å². The number of halogens is 4. The number of rotatable bonds is 2. The first-order valence-corrected chi connectivity index (χ1v) is 5.80. The third kappa shape index (κ3) is 3.24. The highest BCUT2D eigenvalue weighted by Crippen LogP contribution is 2.29. The maximum Gasteiger partial charge on any atom is 0.417 e. The Morgan fingerprint density at radius 1 is 1.05 bits per heavy atom. The molecule has 2 aromatic rings. The molecule has 2 nitrogen and oxygen atoms in total. The van der Waals surface area contributed by atoms with Gasteiger partial charge in [0.05, 0.1) is 17.3 Å². The Bertz CT molecular complexity index is 550. The molecule has 0 saturated carbocycles. The smallest absolute Gasteiger partial charge is 0.319 e. The van der Waals surface area contributed by atoms with Crippen molar-refractivity contribution in [1.82, 2.24) is 4.98 Å². The summed E-state index contributed by atoms with van der Waals surface area (Å²) in [6.45, 7) is 0. The molecular formula is C13H10ClF3N2. The molecule has 2 rings (SSSR count). The zero-order chi connectivity index (χ0) is 14.0. The van der Waals surface area contributed by atoms with Gasteiger partial charge in [-0.05, 0) is 29.8 Å². The molecule has 1 heterocycles. The molecule has 0 aliphatic carbocycles. The van der Waals surface area contributed by atoms with E-state index in [2.05, 4.69) is 4.98 Å². The molecule has 6 heteroatoms. The highest BCUT2D eigenvalue weighted by atomic mass is 35.5. The summed E-state index contributed by atoms with van der Waals surface area (Å²) in [5, 5.41) is 0.566. The van der Waals surface area contributed by atoms with E-state index in [0.29, 0.717) is 10.7 Å². The van der Waals surface area contributed by atoms with E-state index in [9.17, 15) is 13.2 Å². The van der Waals surface area contributed by atoms with Gasteiger partial charge in [-0.2, -0.15) is 13.2 Å². The first-order valence-electron chi connectivity index (χ1n) is 5.42. The third-order valence-electron chi connectivity index (χ3n) is 2.66. The Hall–Kier alpha value is -1.59. The van der Waals surface area contributed by atoms with E-state index < -0.39 is 17.8 Å². The molecule has 0 saturated heterocycles. The average molecular weight is 287 g/mol. The van der Waals surface area contributed by atoms with Crippen LogP contribution >= 0.6 is 11.6 Å². The van der Waals surface area contributed by atoms with Gasteiger partial charge in [-0.1, -0.05) is 23.7 Å². The van der Waals surface area contributed by atoms with Crippen LogP contribution in [0.4, 0.5) is 13.2 Å². The molecule has 0 amide bonds. The molecule has 0 aliphatic heterocycles. The average Bonchev–Trinajstić information content (AvgIpc) is 2.38. The van der Waals surface area contributed by atoms with E-state index in [0.717, 1.165) is 17.8 Å². The van der Waals surface area contributed by atoms with Crippen molar-refractivity contribution in [3.63, 3.8) is 0 Å². The summed E-state index contributed by atoms with van der Waals surface area (Å²) < 4.78 is 37.2. The van der Waals surface area contributed by atoms with Gasteiger partial charge < -0.3 is 5.73 Å². The molecule has 0 aliphatic rings. The minimum atomic E-state index is -4.39. The van der Waals surface area contributed by atoms with Gasteiger partial charge in [0.15, 0.2) is 0 Å². The molecule has 0 unspecified atom stereocenters. The van der Waals surface area contributed by atoms with Crippen molar-refractivity contribution in [3.05, 3.63) is 64.4 Å². The van der Waals surface area contributed by atoms with Gasteiger partial charge in [-0.15, -0.1) is 0 Å². The minimum absolute atomic E-state index is 0.371. The van der Waals surface area contributed by atoms with Gasteiger partial charge in [0.1, 0.15) is 0 Å². The molecule has 1 atom stereocenters. The van der Waals surface area contributed by atoms with Crippen LogP contribution in [-0.2, 0) is 6.18 Å². The molecule has 19 heavy (non-hydrogen) atoms. The molecule has 0 fully saturated rings. The fourth-order valence-corrected chi connectivity index (χ4v) is 1.72. The molecule has 1 aromatic carbocycles. The van der Waals surface area contributed by atoms with Crippen LogP contribution in [0.3, 0.4) is 0 Å². The van der Waals surface area contributed by atoms with Crippen LogP contribution in [0.2, 0.25) is 5.02 Å². The first-order chi connectivity index (χ1) is 8.88. The number of benzene rings is 1. The lowest BCUT2D eigenvalue weighted by molar-refractivity contribution is -0.137. The molecule has 100 valence electrons. The number of nitrogens with zero attached hydrogens (tertiary/aromatic N) is 1. The SMILES string of the molecule is N[C@@H](c1ccc(Cl)cc1)c1ccc(C(F)(F)F)cn1. The first kappa shape index (κ1) is 13.8. The zero-order valence-electron chi connectivity index (χ0n) is 9.66. The fraction of sp³-hybridized carbons (Fsp3) is 0.154. The number of hydrogen-bond acceptors (Lipinski definition) is 2. The second-order valence-electron chi connectivity index (χ2n) is 4.00. The van der Waals surface area contributed by atoms with Crippen LogP contribution in [0, 0.1) is 0 Å². The summed E-state index contributed by atoms with van der Waals surface area (Å²) in [6.07, 6.45) is -3.61. The van der Waals surface area contributed by atoms with Crippen molar-refractivity contribution in [1.29, 1.82) is 0 Å². The number of pyridine rings is 1. The van der Waals surface area contributed by atoms with E-state index >= 15 is 0 Å². The number of aromatic nitrogens is 1. The Labute approximate surface area is 113 Å². The quantitative estimate of drug-likeness (QED) is 0.912. The topological polar surface area (TPSA) is 38.9 Å². The standard InChI is InChI=1S/C13H10ClF3N2/c14-10-4-1-8(2-5-10)12(18)11-6-3-9(7-19-11)13(15,16)17/h1-7,12H,18H2/t12-/m0/s1. The lowest BCUT2D eigenvalue weighted by Gasteiger charge is -2.13. The van der Waals surface area contributed by atoms with Crippen molar-refractivity contribution in [2.24, 2.45) is 5.73 Å². The van der Waals surface area contributed by atoms with Gasteiger partial charge in [-0.25, -0.2) is 0 Å². The van der Waals surface area contributed by atoms with Crippen molar-refractivity contribution >= 4 is 11.6 Å². The Morgan fingerprint density at radius 2 is 1.68 bits per heavy atom. The molecule has 0 spiro atoms. The summed E-state index contributed by atoms with van der Waals surface area (Å²) >= 11 is 5.75. The second kappa shape index (κ2) is 5.19. The largest absolute Gasteiger partial charge is 0.417 e. The lowest BCUT2D eigenvalue weighted by Crippen LogP contribution is -2.14. The summed E-state index contributed by atoms with van der Waals surface area (Å²) in [6, 6.07) is 8.43. The van der Waals surface area contributed by atoms with Crippen LogP contribution in [0.1, 0.15) is 22.9 Å². The van der Waals surface area contributed by atoms with Crippen LogP contribution in [0.5, 0.6) is 0 Å². The Morgan fingerprint density at radius 3 is 2.16 bits per heavy atom. The summed E-state index contributed by atoms with van der Waals surface area (Å²) in [5.41, 5.74) is 6.25. The molecular weight excluding hydrogens is 277 g/mol. The Kier molecular flexibility index (Phi) is 3.78. The van der Waals surface area contributed by atoms with E-state index in [4.69, 9.17) is 17.3 Å². The molecule has 2 N–H and O–H groups in total. The van der Waals surface area contributed by atoms with Gasteiger partial charge >= 0.3 is 6.18 Å². The van der Waals surface area contributed by atoms with Gasteiger partial charge in [-0.3, -0.25) is 4.98 Å². The number of alkyl halides is 3. The maximum atomic E-state index is 12.4. The number of nitrogens with two attached hydrogens (primary N) is 1. The van der Waals surface area contributed by atoms with Crippen LogP contribution in [0.15, 0.2) is 42.6 Å². The van der Waals surface area contributed by atoms with Crippen LogP contribution < -0.4 is 5.73 Å². The third-order valence-corrected chi connectivity index (χ3v) is 2.91. The van der Waals surface area contributed by atoms with Crippen LogP contribution in [0.25, 0.3) is 0 Å². The van der Waals surface area contributed by atoms with E-state index in [1.165, 1.54) is 6.07 Å². The van der Waals surface area contributed by atoms with Crippen LogP contribution in [-0.4, -0.2) is 4.98 Å². The van der Waals surface area contributed by atoms with Gasteiger partial charge in [0.25, 0.3) is 0 Å². The Balaban J connectivity index is 2.25. The summed E-state index contributed by atoms with van der Waals surface area (Å²) in [4.78, 5) is 3.77. The molecule has 1 aromatic heterocycles. The zero-order valence-corrected chi connectivity index (χ0v) is 10.4.